The molecule has 0 fully saturated rings. The van der Waals surface area contributed by atoms with Gasteiger partial charge >= 0.3 is 11.9 Å². The number of halogens is 1. The number of hydrogen-bond donors (Lipinski definition) is 0. The van der Waals surface area contributed by atoms with Crippen LogP contribution < -0.4 is 4.74 Å². The van der Waals surface area contributed by atoms with Gasteiger partial charge in [0.2, 0.25) is 5.90 Å². The number of aliphatic imine (C=N–C) groups is 1. The Balaban J connectivity index is 1.54. The minimum absolute atomic E-state index is 0.147. The maximum absolute atomic E-state index is 12.4. The first-order valence-corrected chi connectivity index (χ1v) is 10.5. The van der Waals surface area contributed by atoms with Crippen LogP contribution in [0.5, 0.6) is 5.75 Å². The Labute approximate surface area is 188 Å². The summed E-state index contributed by atoms with van der Waals surface area (Å²) in [6.07, 6.45) is 2.13. The van der Waals surface area contributed by atoms with Crippen molar-refractivity contribution >= 4 is 39.8 Å². The lowest BCUT2D eigenvalue weighted by atomic mass is 10.1. The van der Waals surface area contributed by atoms with E-state index in [0.29, 0.717) is 23.6 Å². The average molecular weight is 476 g/mol. The van der Waals surface area contributed by atoms with Gasteiger partial charge in [0.05, 0.1) is 6.42 Å². The van der Waals surface area contributed by atoms with Gasteiger partial charge in [0.15, 0.2) is 5.70 Å². The monoisotopic (exact) mass is 475 g/mol. The lowest BCUT2D eigenvalue weighted by molar-refractivity contribution is -0.133. The van der Waals surface area contributed by atoms with Crippen molar-refractivity contribution in [2.24, 2.45) is 4.99 Å². The minimum atomic E-state index is -0.535. The molecule has 0 spiro atoms. The van der Waals surface area contributed by atoms with E-state index < -0.39 is 11.9 Å². The Kier molecular flexibility index (Phi) is 6.38. The number of benzene rings is 3. The molecule has 3 aromatic rings. The summed E-state index contributed by atoms with van der Waals surface area (Å²) < 4.78 is 11.7. The zero-order chi connectivity index (χ0) is 21.6. The molecule has 154 valence electrons. The maximum Gasteiger partial charge on any atom is 0.363 e. The summed E-state index contributed by atoms with van der Waals surface area (Å²) in [6.45, 7) is 0. The molecule has 0 radical (unpaired) electrons. The topological polar surface area (TPSA) is 65.0 Å². The molecule has 3 aromatic carbocycles. The van der Waals surface area contributed by atoms with Crippen LogP contribution >= 0.6 is 15.9 Å². The van der Waals surface area contributed by atoms with Gasteiger partial charge in [0.25, 0.3) is 0 Å². The summed E-state index contributed by atoms with van der Waals surface area (Å²) in [4.78, 5) is 29.0. The van der Waals surface area contributed by atoms with Crippen molar-refractivity contribution in [3.63, 3.8) is 0 Å². The molecule has 6 heteroatoms. The Hall–Kier alpha value is -3.51. The number of cyclic esters (lactones) is 1. The van der Waals surface area contributed by atoms with Crippen LogP contribution in [0.4, 0.5) is 0 Å². The highest BCUT2D eigenvalue weighted by molar-refractivity contribution is 9.10. The van der Waals surface area contributed by atoms with E-state index in [1.165, 1.54) is 0 Å². The van der Waals surface area contributed by atoms with Crippen molar-refractivity contribution in [3.05, 3.63) is 106 Å². The van der Waals surface area contributed by atoms with Crippen molar-refractivity contribution in [2.45, 2.75) is 12.8 Å². The molecule has 0 aromatic heterocycles. The highest BCUT2D eigenvalue weighted by Crippen LogP contribution is 2.28. The van der Waals surface area contributed by atoms with Crippen LogP contribution in [0.1, 0.15) is 16.7 Å². The van der Waals surface area contributed by atoms with E-state index in [4.69, 9.17) is 9.47 Å². The van der Waals surface area contributed by atoms with Gasteiger partial charge < -0.3 is 9.47 Å². The number of nitrogens with zero attached hydrogens (tertiary/aromatic N) is 1. The van der Waals surface area contributed by atoms with E-state index in [0.717, 1.165) is 15.6 Å². The first kappa shape index (κ1) is 20.8. The predicted octanol–water partition coefficient (Wildman–Crippen LogP) is 5.14. The van der Waals surface area contributed by atoms with Gasteiger partial charge in [0.1, 0.15) is 5.75 Å². The normalized spacial score (nSPS) is 14.3. The second-order valence-electron chi connectivity index (χ2n) is 6.91. The fourth-order valence-corrected chi connectivity index (χ4v) is 3.47. The molecule has 0 saturated heterocycles. The Morgan fingerprint density at radius 3 is 2.35 bits per heavy atom. The summed E-state index contributed by atoms with van der Waals surface area (Å²) in [6, 6.07) is 24.2. The minimum Gasteiger partial charge on any atom is -0.426 e. The van der Waals surface area contributed by atoms with Crippen LogP contribution in [0.25, 0.3) is 6.08 Å². The molecule has 4 rings (SSSR count). The van der Waals surface area contributed by atoms with E-state index >= 15 is 0 Å². The van der Waals surface area contributed by atoms with E-state index in [9.17, 15) is 9.59 Å². The third kappa shape index (κ3) is 5.55. The highest BCUT2D eigenvalue weighted by Gasteiger charge is 2.23. The number of rotatable bonds is 6. The number of carbonyl (C=O) groups is 2. The summed E-state index contributed by atoms with van der Waals surface area (Å²) in [5.41, 5.74) is 2.56. The molecule has 31 heavy (non-hydrogen) atoms. The molecule has 0 N–H and O–H groups in total. The third-order valence-corrected chi connectivity index (χ3v) is 5.04. The molecule has 0 saturated carbocycles. The summed E-state index contributed by atoms with van der Waals surface area (Å²) in [5, 5.41) is 0. The van der Waals surface area contributed by atoms with E-state index in [2.05, 4.69) is 20.9 Å². The first-order valence-electron chi connectivity index (χ1n) is 9.66. The Morgan fingerprint density at radius 2 is 1.65 bits per heavy atom. The van der Waals surface area contributed by atoms with Crippen LogP contribution in [0, 0.1) is 0 Å². The molecule has 1 heterocycles. The predicted molar refractivity (Wildman–Crippen MR) is 122 cm³/mol. The van der Waals surface area contributed by atoms with E-state index in [1.54, 1.807) is 24.3 Å². The SMILES string of the molecule is O=C(Cc1ccccc1)Oc1ccc(Br)cc1/C=C1/N=C(Cc2ccccc2)OC1=O. The summed E-state index contributed by atoms with van der Waals surface area (Å²) in [5.74, 6) is -0.251. The Bertz CT molecular complexity index is 1170. The number of carbonyl (C=O) groups excluding carboxylic acids is 2. The Morgan fingerprint density at radius 1 is 0.968 bits per heavy atom. The molecule has 0 aliphatic carbocycles. The van der Waals surface area contributed by atoms with Crippen molar-refractivity contribution in [2.75, 3.05) is 0 Å². The molecule has 1 aliphatic heterocycles. The number of esters is 2. The zero-order valence-corrected chi connectivity index (χ0v) is 18.0. The van der Waals surface area contributed by atoms with Crippen molar-refractivity contribution in [1.29, 1.82) is 0 Å². The van der Waals surface area contributed by atoms with E-state index in [1.807, 2.05) is 60.7 Å². The average Bonchev–Trinajstić information content (AvgIpc) is 3.10. The van der Waals surface area contributed by atoms with Crippen LogP contribution in [0.2, 0.25) is 0 Å². The standard InChI is InChI=1S/C25H18BrNO4/c26-20-11-12-22(30-24(28)14-18-9-5-2-6-10-18)19(15-20)16-21-25(29)31-23(27-21)13-17-7-3-1-4-8-17/h1-12,15-16H,13-14H2/b21-16+. The zero-order valence-electron chi connectivity index (χ0n) is 16.5. The molecule has 5 nitrogen and oxygen atoms in total. The van der Waals surface area contributed by atoms with E-state index in [-0.39, 0.29) is 12.1 Å². The largest absolute Gasteiger partial charge is 0.426 e. The van der Waals surface area contributed by atoms with Gasteiger partial charge in [-0.1, -0.05) is 76.6 Å². The smallest absolute Gasteiger partial charge is 0.363 e. The molecule has 1 aliphatic rings. The fraction of sp³-hybridized carbons (Fsp3) is 0.0800. The van der Waals surface area contributed by atoms with Gasteiger partial charge in [0, 0.05) is 16.5 Å². The van der Waals surface area contributed by atoms with Crippen molar-refractivity contribution < 1.29 is 19.1 Å². The van der Waals surface area contributed by atoms with Crippen LogP contribution in [0.15, 0.2) is 94.0 Å². The quantitative estimate of drug-likeness (QED) is 0.281. The molecular formula is C25H18BrNO4. The van der Waals surface area contributed by atoms with Gasteiger partial charge in [-0.2, -0.15) is 0 Å². The summed E-state index contributed by atoms with van der Waals surface area (Å²) in [7, 11) is 0. The third-order valence-electron chi connectivity index (χ3n) is 4.54. The van der Waals surface area contributed by atoms with Gasteiger partial charge in [-0.05, 0) is 35.4 Å². The summed E-state index contributed by atoms with van der Waals surface area (Å²) >= 11 is 3.42. The van der Waals surface area contributed by atoms with Crippen molar-refractivity contribution in [1.82, 2.24) is 0 Å². The van der Waals surface area contributed by atoms with Crippen LogP contribution in [0.3, 0.4) is 0 Å². The lowest BCUT2D eigenvalue weighted by Crippen LogP contribution is -2.12. The van der Waals surface area contributed by atoms with Crippen molar-refractivity contribution in [3.8, 4) is 5.75 Å². The number of hydrogen-bond acceptors (Lipinski definition) is 5. The molecule has 0 atom stereocenters. The fourth-order valence-electron chi connectivity index (χ4n) is 3.09. The second-order valence-corrected chi connectivity index (χ2v) is 7.82. The first-order chi connectivity index (χ1) is 15.1. The van der Waals surface area contributed by atoms with Crippen LogP contribution in [-0.2, 0) is 27.2 Å². The van der Waals surface area contributed by atoms with Crippen LogP contribution in [-0.4, -0.2) is 17.8 Å². The number of ether oxygens (including phenoxy) is 2. The maximum atomic E-state index is 12.4. The lowest BCUT2D eigenvalue weighted by Gasteiger charge is -2.08. The van der Waals surface area contributed by atoms with Gasteiger partial charge in [-0.3, -0.25) is 4.79 Å². The van der Waals surface area contributed by atoms with Gasteiger partial charge in [-0.25, -0.2) is 9.79 Å². The molecule has 0 amide bonds. The van der Waals surface area contributed by atoms with Gasteiger partial charge in [-0.15, -0.1) is 0 Å². The molecule has 0 bridgehead atoms. The highest BCUT2D eigenvalue weighted by atomic mass is 79.9. The second kappa shape index (κ2) is 9.53. The molecule has 0 unspecified atom stereocenters. The molecular weight excluding hydrogens is 458 g/mol.